The summed E-state index contributed by atoms with van der Waals surface area (Å²) in [5, 5.41) is 4.59. The van der Waals surface area contributed by atoms with E-state index in [0.717, 1.165) is 35.2 Å². The maximum atomic E-state index is 6.47. The molecule has 1 fully saturated rings. The fourth-order valence-electron chi connectivity index (χ4n) is 4.17. The molecule has 0 unspecified atom stereocenters. The van der Waals surface area contributed by atoms with E-state index < -0.39 is 0 Å². The van der Waals surface area contributed by atoms with E-state index in [1.54, 1.807) is 12.3 Å². The molecule has 3 N–H and O–H groups in total. The predicted molar refractivity (Wildman–Crippen MR) is 138 cm³/mol. The lowest BCUT2D eigenvalue weighted by Crippen LogP contribution is -2.30. The van der Waals surface area contributed by atoms with Crippen molar-refractivity contribution in [2.24, 2.45) is 0 Å². The van der Waals surface area contributed by atoms with Crippen LogP contribution in [-0.4, -0.2) is 46.1 Å². The Kier molecular flexibility index (Phi) is 6.83. The summed E-state index contributed by atoms with van der Waals surface area (Å²) in [4.78, 5) is 15.4. The van der Waals surface area contributed by atoms with Gasteiger partial charge >= 0.3 is 0 Å². The maximum absolute atomic E-state index is 6.47. The molecule has 1 saturated heterocycles. The van der Waals surface area contributed by atoms with E-state index in [1.807, 2.05) is 42.5 Å². The Morgan fingerprint density at radius 2 is 2.00 bits per heavy atom. The van der Waals surface area contributed by atoms with Crippen LogP contribution in [0.1, 0.15) is 18.5 Å². The monoisotopic (exact) mass is 490 g/mol. The van der Waals surface area contributed by atoms with Crippen LogP contribution in [0.15, 0.2) is 61.1 Å². The Bertz CT molecular complexity index is 1320. The van der Waals surface area contributed by atoms with Crippen molar-refractivity contribution in [3.63, 3.8) is 0 Å². The number of hydrogen-bond donors (Lipinski definition) is 2. The van der Waals surface area contributed by atoms with Crippen LogP contribution < -0.4 is 20.5 Å². The Morgan fingerprint density at radius 1 is 1.09 bits per heavy atom. The number of rotatable bonds is 8. The smallest absolute Gasteiger partial charge is 0.144 e. The maximum Gasteiger partial charge on any atom is 0.144 e. The summed E-state index contributed by atoms with van der Waals surface area (Å²) in [7, 11) is 2.13. The Balaban J connectivity index is 1.30. The van der Waals surface area contributed by atoms with Crippen LogP contribution in [0.4, 0.5) is 17.2 Å². The molecule has 0 amide bonds. The molecule has 3 heterocycles. The summed E-state index contributed by atoms with van der Waals surface area (Å²) in [6, 6.07) is 15.3. The molecule has 0 spiro atoms. The van der Waals surface area contributed by atoms with Crippen molar-refractivity contribution in [2.45, 2.75) is 25.5 Å². The average Bonchev–Trinajstić information content (AvgIpc) is 3.28. The molecule has 2 aromatic heterocycles. The molecule has 35 heavy (non-hydrogen) atoms. The number of aromatic nitrogens is 3. The van der Waals surface area contributed by atoms with Gasteiger partial charge in [-0.15, -0.1) is 0 Å². The molecule has 5 rings (SSSR count). The molecule has 2 aromatic carbocycles. The van der Waals surface area contributed by atoms with Gasteiger partial charge in [0.15, 0.2) is 0 Å². The lowest BCUT2D eigenvalue weighted by molar-refractivity contribution is 0.199. The second-order valence-corrected chi connectivity index (χ2v) is 9.00. The standard InChI is InChI=1S/C26H27ClN6O2/c1-33-10-4-6-19(33)15-35-25-13-23-20(12-22(25)28)26(31-16-30-23)32-17-7-8-24(21(27)11-17)34-14-18-5-2-3-9-29-18/h2-3,5,7-9,11-13,16,19H,4,6,10,14-15,28H2,1H3,(H,30,31,32)/t19-/m0/s1. The van der Waals surface area contributed by atoms with Crippen LogP contribution >= 0.6 is 11.6 Å². The second-order valence-electron chi connectivity index (χ2n) is 8.60. The number of likely N-dealkylation sites (tertiary alicyclic amines) is 1. The number of nitrogens with one attached hydrogen (secondary N) is 1. The normalized spacial score (nSPS) is 15.9. The number of ether oxygens (including phenoxy) is 2. The highest BCUT2D eigenvalue weighted by molar-refractivity contribution is 6.32. The van der Waals surface area contributed by atoms with Crippen molar-refractivity contribution in [3.8, 4) is 11.5 Å². The van der Waals surface area contributed by atoms with Gasteiger partial charge in [-0.1, -0.05) is 17.7 Å². The zero-order valence-corrected chi connectivity index (χ0v) is 20.2. The van der Waals surface area contributed by atoms with Gasteiger partial charge in [-0.2, -0.15) is 0 Å². The molecular weight excluding hydrogens is 464 g/mol. The molecule has 180 valence electrons. The van der Waals surface area contributed by atoms with Gasteiger partial charge in [-0.3, -0.25) is 4.98 Å². The van der Waals surface area contributed by atoms with E-state index in [0.29, 0.717) is 47.3 Å². The number of nitrogen functional groups attached to an aromatic ring is 1. The number of halogens is 1. The van der Waals surface area contributed by atoms with E-state index in [1.165, 1.54) is 12.7 Å². The molecule has 8 nitrogen and oxygen atoms in total. The van der Waals surface area contributed by atoms with Crippen LogP contribution in [0.25, 0.3) is 10.9 Å². The second kappa shape index (κ2) is 10.3. The molecule has 1 aliphatic heterocycles. The molecule has 0 aliphatic carbocycles. The van der Waals surface area contributed by atoms with Crippen LogP contribution in [-0.2, 0) is 6.61 Å². The highest BCUT2D eigenvalue weighted by Crippen LogP contribution is 2.34. The first-order valence-corrected chi connectivity index (χ1v) is 11.9. The summed E-state index contributed by atoms with van der Waals surface area (Å²) >= 11 is 6.47. The first kappa shape index (κ1) is 23.1. The average molecular weight is 491 g/mol. The van der Waals surface area contributed by atoms with Crippen molar-refractivity contribution >= 4 is 39.7 Å². The van der Waals surface area contributed by atoms with Crippen molar-refractivity contribution in [3.05, 3.63) is 71.8 Å². The molecule has 0 radical (unpaired) electrons. The number of hydrogen-bond acceptors (Lipinski definition) is 8. The Labute approximate surface area is 209 Å². The minimum Gasteiger partial charge on any atom is -0.490 e. The Morgan fingerprint density at radius 3 is 2.77 bits per heavy atom. The Hall–Kier alpha value is -3.62. The van der Waals surface area contributed by atoms with E-state index in [4.69, 9.17) is 26.8 Å². The summed E-state index contributed by atoms with van der Waals surface area (Å²) in [6.45, 7) is 2.05. The lowest BCUT2D eigenvalue weighted by Gasteiger charge is -2.20. The number of likely N-dealkylation sites (N-methyl/N-ethyl adjacent to an activating group) is 1. The largest absolute Gasteiger partial charge is 0.490 e. The van der Waals surface area contributed by atoms with Gasteiger partial charge in [0.05, 0.1) is 21.9 Å². The zero-order chi connectivity index (χ0) is 24.2. The number of benzene rings is 2. The quantitative estimate of drug-likeness (QED) is 0.331. The minimum atomic E-state index is 0.338. The van der Waals surface area contributed by atoms with Gasteiger partial charge in [0.1, 0.15) is 36.9 Å². The van der Waals surface area contributed by atoms with Gasteiger partial charge in [0, 0.05) is 29.4 Å². The van der Waals surface area contributed by atoms with Crippen LogP contribution in [0.5, 0.6) is 11.5 Å². The van der Waals surface area contributed by atoms with E-state index in [2.05, 4.69) is 32.2 Å². The van der Waals surface area contributed by atoms with Gasteiger partial charge < -0.3 is 25.4 Å². The molecule has 0 bridgehead atoms. The molecule has 1 aliphatic rings. The van der Waals surface area contributed by atoms with Crippen molar-refractivity contribution in [1.29, 1.82) is 0 Å². The van der Waals surface area contributed by atoms with Crippen LogP contribution in [0.2, 0.25) is 5.02 Å². The first-order chi connectivity index (χ1) is 17.1. The van der Waals surface area contributed by atoms with E-state index in [-0.39, 0.29) is 0 Å². The molecule has 0 saturated carbocycles. The topological polar surface area (TPSA) is 98.4 Å². The van der Waals surface area contributed by atoms with E-state index >= 15 is 0 Å². The third kappa shape index (κ3) is 5.39. The fraction of sp³-hybridized carbons (Fsp3) is 0.269. The molecule has 1 atom stereocenters. The summed E-state index contributed by atoms with van der Waals surface area (Å²) in [5.41, 5.74) is 9.22. The highest BCUT2D eigenvalue weighted by Gasteiger charge is 2.22. The lowest BCUT2D eigenvalue weighted by atomic mass is 10.2. The van der Waals surface area contributed by atoms with Gasteiger partial charge in [0.2, 0.25) is 0 Å². The van der Waals surface area contributed by atoms with Gasteiger partial charge in [-0.25, -0.2) is 9.97 Å². The number of nitrogens with two attached hydrogens (primary N) is 1. The predicted octanol–water partition coefficient (Wildman–Crippen LogP) is 5.06. The highest BCUT2D eigenvalue weighted by atomic mass is 35.5. The first-order valence-electron chi connectivity index (χ1n) is 11.5. The summed E-state index contributed by atoms with van der Waals surface area (Å²) < 4.78 is 11.9. The zero-order valence-electron chi connectivity index (χ0n) is 19.4. The van der Waals surface area contributed by atoms with Crippen molar-refractivity contribution < 1.29 is 9.47 Å². The fourth-order valence-corrected chi connectivity index (χ4v) is 4.40. The third-order valence-corrected chi connectivity index (χ3v) is 6.46. The molecule has 9 heteroatoms. The SMILES string of the molecule is CN1CCC[C@H]1COc1cc2ncnc(Nc3ccc(OCc4ccccn4)c(Cl)c3)c2cc1N. The number of fused-ring (bicyclic) bond motifs is 1. The van der Waals surface area contributed by atoms with Crippen molar-refractivity contribution in [2.75, 3.05) is 31.2 Å². The number of pyridine rings is 1. The van der Waals surface area contributed by atoms with Gasteiger partial charge in [0.25, 0.3) is 0 Å². The van der Waals surface area contributed by atoms with Crippen LogP contribution in [0.3, 0.4) is 0 Å². The summed E-state index contributed by atoms with van der Waals surface area (Å²) in [5.74, 6) is 1.84. The molecular formula is C26H27ClN6O2. The van der Waals surface area contributed by atoms with Crippen LogP contribution in [0, 0.1) is 0 Å². The third-order valence-electron chi connectivity index (χ3n) is 6.17. The summed E-state index contributed by atoms with van der Waals surface area (Å²) in [6.07, 6.45) is 5.58. The molecule has 4 aromatic rings. The minimum absolute atomic E-state index is 0.338. The van der Waals surface area contributed by atoms with Gasteiger partial charge in [-0.05, 0) is 62.8 Å². The number of nitrogens with zero attached hydrogens (tertiary/aromatic N) is 4. The van der Waals surface area contributed by atoms with Crippen molar-refractivity contribution in [1.82, 2.24) is 19.9 Å². The van der Waals surface area contributed by atoms with E-state index in [9.17, 15) is 0 Å². The number of anilines is 3.